The summed E-state index contributed by atoms with van der Waals surface area (Å²) in [4.78, 5) is 29.4. The smallest absolute Gasteiger partial charge is 0.226 e. The van der Waals surface area contributed by atoms with Gasteiger partial charge in [-0.25, -0.2) is 0 Å². The first kappa shape index (κ1) is 19.0. The Balaban J connectivity index is 1.18. The summed E-state index contributed by atoms with van der Waals surface area (Å²) >= 11 is 0. The number of amides is 2. The zero-order valence-corrected chi connectivity index (χ0v) is 16.6. The van der Waals surface area contributed by atoms with Crippen molar-refractivity contribution < 1.29 is 9.59 Å². The number of carbonyl (C=O) groups is 2. The number of benzene rings is 1. The molecular formula is C23H31N3O2. The molecule has 1 saturated carbocycles. The molecule has 2 unspecified atom stereocenters. The summed E-state index contributed by atoms with van der Waals surface area (Å²) in [5, 5.41) is 3.05. The van der Waals surface area contributed by atoms with Gasteiger partial charge in [-0.2, -0.15) is 0 Å². The summed E-state index contributed by atoms with van der Waals surface area (Å²) in [6.45, 7) is 3.90. The molecule has 5 nitrogen and oxygen atoms in total. The Bertz CT molecular complexity index is 723. The molecule has 3 aliphatic rings. The number of para-hydroxylation sites is 1. The van der Waals surface area contributed by atoms with Crippen molar-refractivity contribution in [3.05, 3.63) is 42.0 Å². The molecule has 0 radical (unpaired) electrons. The Hall–Kier alpha value is -2.30. The van der Waals surface area contributed by atoms with Crippen molar-refractivity contribution in [2.24, 2.45) is 11.8 Å². The third-order valence-electron chi connectivity index (χ3n) is 6.29. The van der Waals surface area contributed by atoms with Crippen molar-refractivity contribution in [2.75, 3.05) is 37.6 Å². The first-order valence-electron chi connectivity index (χ1n) is 10.8. The van der Waals surface area contributed by atoms with Gasteiger partial charge in [0, 0.05) is 38.4 Å². The van der Waals surface area contributed by atoms with E-state index in [1.165, 1.54) is 36.9 Å². The van der Waals surface area contributed by atoms with Crippen LogP contribution in [-0.2, 0) is 9.59 Å². The van der Waals surface area contributed by atoms with E-state index in [2.05, 4.69) is 28.4 Å². The van der Waals surface area contributed by atoms with Gasteiger partial charge in [0.2, 0.25) is 11.8 Å². The third-order valence-corrected chi connectivity index (χ3v) is 6.29. The molecule has 1 N–H and O–H groups in total. The molecule has 2 aliphatic carbocycles. The average molecular weight is 382 g/mol. The van der Waals surface area contributed by atoms with Crippen LogP contribution < -0.4 is 10.2 Å². The molecule has 1 aromatic rings. The highest BCUT2D eigenvalue weighted by Gasteiger charge is 2.49. The van der Waals surface area contributed by atoms with Crippen LogP contribution in [0, 0.1) is 11.8 Å². The van der Waals surface area contributed by atoms with E-state index < -0.39 is 0 Å². The number of anilines is 1. The van der Waals surface area contributed by atoms with Crippen LogP contribution in [0.2, 0.25) is 0 Å². The average Bonchev–Trinajstić information content (AvgIpc) is 3.56. The molecule has 0 spiro atoms. The second kappa shape index (κ2) is 8.80. The first-order chi connectivity index (χ1) is 13.7. The number of nitrogens with zero attached hydrogens (tertiary/aromatic N) is 2. The Morgan fingerprint density at radius 2 is 1.79 bits per heavy atom. The molecule has 1 saturated heterocycles. The molecule has 2 amide bonds. The van der Waals surface area contributed by atoms with Crippen LogP contribution in [0.1, 0.15) is 38.5 Å². The lowest BCUT2D eigenvalue weighted by molar-refractivity contribution is -0.135. The lowest BCUT2D eigenvalue weighted by atomic mass is 9.97. The van der Waals surface area contributed by atoms with Crippen LogP contribution in [0.4, 0.5) is 5.69 Å². The van der Waals surface area contributed by atoms with E-state index >= 15 is 0 Å². The summed E-state index contributed by atoms with van der Waals surface area (Å²) in [5.41, 5.74) is 2.69. The minimum absolute atomic E-state index is 0.0673. The van der Waals surface area contributed by atoms with Crippen LogP contribution in [-0.4, -0.2) is 49.4 Å². The van der Waals surface area contributed by atoms with E-state index in [0.29, 0.717) is 13.0 Å². The van der Waals surface area contributed by atoms with Crippen molar-refractivity contribution >= 4 is 17.5 Å². The van der Waals surface area contributed by atoms with Crippen molar-refractivity contribution in [1.82, 2.24) is 10.2 Å². The predicted molar refractivity (Wildman–Crippen MR) is 111 cm³/mol. The number of piperazine rings is 1. The molecule has 1 heterocycles. The monoisotopic (exact) mass is 381 g/mol. The molecule has 0 bridgehead atoms. The number of rotatable bonds is 6. The van der Waals surface area contributed by atoms with E-state index in [4.69, 9.17) is 0 Å². The fourth-order valence-corrected chi connectivity index (χ4v) is 4.43. The second-order valence-corrected chi connectivity index (χ2v) is 8.25. The Kier molecular flexibility index (Phi) is 5.98. The highest BCUT2D eigenvalue weighted by atomic mass is 16.2. The van der Waals surface area contributed by atoms with Gasteiger partial charge in [0.25, 0.3) is 0 Å². The largest absolute Gasteiger partial charge is 0.368 e. The van der Waals surface area contributed by atoms with Gasteiger partial charge in [0.15, 0.2) is 0 Å². The van der Waals surface area contributed by atoms with E-state index in [0.717, 1.165) is 32.6 Å². The summed E-state index contributed by atoms with van der Waals surface area (Å²) in [6.07, 6.45) is 8.92. The van der Waals surface area contributed by atoms with Crippen molar-refractivity contribution in [3.8, 4) is 0 Å². The molecule has 1 aliphatic heterocycles. The number of carbonyl (C=O) groups excluding carboxylic acids is 2. The second-order valence-electron chi connectivity index (χ2n) is 8.25. The van der Waals surface area contributed by atoms with Gasteiger partial charge in [-0.15, -0.1) is 0 Å². The molecule has 2 atom stereocenters. The Morgan fingerprint density at radius 3 is 2.50 bits per heavy atom. The molecule has 2 fully saturated rings. The summed E-state index contributed by atoms with van der Waals surface area (Å²) in [7, 11) is 0. The van der Waals surface area contributed by atoms with Crippen LogP contribution in [0.5, 0.6) is 0 Å². The maximum atomic E-state index is 12.8. The van der Waals surface area contributed by atoms with Crippen LogP contribution in [0.3, 0.4) is 0 Å². The van der Waals surface area contributed by atoms with Crippen LogP contribution in [0.25, 0.3) is 0 Å². The topological polar surface area (TPSA) is 52.7 Å². The van der Waals surface area contributed by atoms with Crippen LogP contribution in [0.15, 0.2) is 42.0 Å². The Morgan fingerprint density at radius 1 is 1.00 bits per heavy atom. The zero-order valence-electron chi connectivity index (χ0n) is 16.6. The maximum absolute atomic E-state index is 12.8. The predicted octanol–water partition coefficient (Wildman–Crippen LogP) is 2.98. The molecule has 28 heavy (non-hydrogen) atoms. The highest BCUT2D eigenvalue weighted by Crippen LogP contribution is 2.40. The number of hydrogen-bond acceptors (Lipinski definition) is 3. The van der Waals surface area contributed by atoms with Gasteiger partial charge in [0.05, 0.1) is 11.8 Å². The van der Waals surface area contributed by atoms with Crippen LogP contribution >= 0.6 is 0 Å². The molecule has 5 heteroatoms. The highest BCUT2D eigenvalue weighted by molar-refractivity contribution is 5.92. The van der Waals surface area contributed by atoms with Crippen molar-refractivity contribution in [1.29, 1.82) is 0 Å². The minimum atomic E-state index is -0.111. The molecule has 4 rings (SSSR count). The lowest BCUT2D eigenvalue weighted by Gasteiger charge is -2.36. The van der Waals surface area contributed by atoms with E-state index in [-0.39, 0.29) is 23.7 Å². The third kappa shape index (κ3) is 4.57. The standard InChI is InChI=1S/C23H31N3O2/c27-22(24-12-11-18-7-3-1-4-8-18)20-17-21(20)23(28)26-15-13-25(14-16-26)19-9-5-2-6-10-19/h2,5-7,9-10,20-21H,1,3-4,8,11-17H2,(H,24,27). The molecular weight excluding hydrogens is 350 g/mol. The van der Waals surface area contributed by atoms with E-state index in [9.17, 15) is 9.59 Å². The van der Waals surface area contributed by atoms with Crippen molar-refractivity contribution in [2.45, 2.75) is 38.5 Å². The van der Waals surface area contributed by atoms with Gasteiger partial charge < -0.3 is 15.1 Å². The lowest BCUT2D eigenvalue weighted by Crippen LogP contribution is -2.49. The normalized spacial score (nSPS) is 24.5. The minimum Gasteiger partial charge on any atom is -0.368 e. The summed E-state index contributed by atoms with van der Waals surface area (Å²) in [6, 6.07) is 10.3. The summed E-state index contributed by atoms with van der Waals surface area (Å²) in [5.74, 6) is 0.0256. The van der Waals surface area contributed by atoms with Gasteiger partial charge in [0.1, 0.15) is 0 Å². The molecule has 0 aromatic heterocycles. The fraction of sp³-hybridized carbons (Fsp3) is 0.565. The van der Waals surface area contributed by atoms with Gasteiger partial charge in [-0.05, 0) is 50.7 Å². The number of nitrogens with one attached hydrogen (secondary N) is 1. The first-order valence-corrected chi connectivity index (χ1v) is 10.8. The van der Waals surface area contributed by atoms with E-state index in [1.54, 1.807) is 0 Å². The maximum Gasteiger partial charge on any atom is 0.226 e. The zero-order chi connectivity index (χ0) is 19.3. The number of allylic oxidation sites excluding steroid dienone is 1. The number of hydrogen-bond donors (Lipinski definition) is 1. The van der Waals surface area contributed by atoms with E-state index in [1.807, 2.05) is 23.1 Å². The Labute approximate surface area is 167 Å². The van der Waals surface area contributed by atoms with Gasteiger partial charge in [-0.3, -0.25) is 9.59 Å². The van der Waals surface area contributed by atoms with Gasteiger partial charge >= 0.3 is 0 Å². The molecule has 150 valence electrons. The summed E-state index contributed by atoms with van der Waals surface area (Å²) < 4.78 is 0. The van der Waals surface area contributed by atoms with Crippen molar-refractivity contribution in [3.63, 3.8) is 0 Å². The fourth-order valence-electron chi connectivity index (χ4n) is 4.43. The molecule has 1 aromatic carbocycles. The quantitative estimate of drug-likeness (QED) is 0.771. The SMILES string of the molecule is O=C(NCCC1=CCCCC1)C1CC1C(=O)N1CCN(c2ccccc2)CC1. The van der Waals surface area contributed by atoms with Gasteiger partial charge in [-0.1, -0.05) is 29.8 Å².